The lowest BCUT2D eigenvalue weighted by Gasteiger charge is -2.27. The molecule has 24 heavy (non-hydrogen) atoms. The van der Waals surface area contributed by atoms with Gasteiger partial charge in [0, 0.05) is 5.56 Å². The summed E-state index contributed by atoms with van der Waals surface area (Å²) in [6, 6.07) is 11.3. The van der Waals surface area contributed by atoms with Crippen molar-refractivity contribution in [1.82, 2.24) is 0 Å². The van der Waals surface area contributed by atoms with Gasteiger partial charge in [-0.1, -0.05) is 12.1 Å². The Morgan fingerprint density at radius 3 is 2.38 bits per heavy atom. The monoisotopic (exact) mass is 328 g/mol. The minimum Gasteiger partial charge on any atom is -0.494 e. The van der Waals surface area contributed by atoms with Gasteiger partial charge in [-0.15, -0.1) is 0 Å². The predicted octanol–water partition coefficient (Wildman–Crippen LogP) is 3.29. The van der Waals surface area contributed by atoms with Crippen molar-refractivity contribution in [3.63, 3.8) is 0 Å². The average Bonchev–Trinajstić information content (AvgIpc) is 2.60. The molecule has 5 heteroatoms. The first-order chi connectivity index (χ1) is 11.7. The van der Waals surface area contributed by atoms with Gasteiger partial charge in [-0.3, -0.25) is 4.79 Å². The molecule has 1 heterocycles. The number of hydrogen-bond acceptors (Lipinski definition) is 5. The number of hydrogen-bond donors (Lipinski definition) is 0. The summed E-state index contributed by atoms with van der Waals surface area (Å²) in [6.07, 6.45) is -0.236. The second-order valence-electron chi connectivity index (χ2n) is 5.45. The molecule has 0 aromatic heterocycles. The number of benzene rings is 2. The minimum atomic E-state index is -0.461. The van der Waals surface area contributed by atoms with E-state index in [1.165, 1.54) is 0 Å². The van der Waals surface area contributed by atoms with E-state index in [1.807, 2.05) is 43.3 Å². The molecule has 126 valence electrons. The molecule has 0 unspecified atom stereocenters. The largest absolute Gasteiger partial charge is 0.494 e. The number of rotatable bonds is 5. The minimum absolute atomic E-state index is 0.225. The van der Waals surface area contributed by atoms with Gasteiger partial charge in [0.1, 0.15) is 5.75 Å². The Labute approximate surface area is 141 Å². The lowest BCUT2D eigenvalue weighted by atomic mass is 9.92. The molecular weight excluding hydrogens is 308 g/mol. The van der Waals surface area contributed by atoms with Crippen molar-refractivity contribution in [3.8, 4) is 17.2 Å². The van der Waals surface area contributed by atoms with Crippen LogP contribution in [0.5, 0.6) is 17.2 Å². The Balaban J connectivity index is 2.02. The van der Waals surface area contributed by atoms with Gasteiger partial charge in [-0.25, -0.2) is 0 Å². The molecule has 0 saturated carbocycles. The molecule has 5 nitrogen and oxygen atoms in total. The van der Waals surface area contributed by atoms with Crippen LogP contribution in [0.25, 0.3) is 0 Å². The molecular formula is C19H20O5. The van der Waals surface area contributed by atoms with Gasteiger partial charge in [-0.2, -0.15) is 0 Å². The van der Waals surface area contributed by atoms with Crippen molar-refractivity contribution in [2.24, 2.45) is 0 Å². The number of cyclic esters (lactones) is 1. The van der Waals surface area contributed by atoms with Gasteiger partial charge in [-0.05, 0) is 42.3 Å². The van der Waals surface area contributed by atoms with Gasteiger partial charge in [0.25, 0.3) is 0 Å². The number of ether oxygens (including phenoxy) is 4. The zero-order chi connectivity index (χ0) is 17.1. The van der Waals surface area contributed by atoms with Crippen LogP contribution in [-0.4, -0.2) is 26.8 Å². The van der Waals surface area contributed by atoms with E-state index in [0.717, 1.165) is 22.4 Å². The number of carbonyl (C=O) groups is 1. The molecule has 0 aliphatic carbocycles. The highest BCUT2D eigenvalue weighted by atomic mass is 16.5. The van der Waals surface area contributed by atoms with E-state index in [1.54, 1.807) is 14.2 Å². The summed E-state index contributed by atoms with van der Waals surface area (Å²) in [5, 5.41) is 0. The third kappa shape index (κ3) is 3.02. The van der Waals surface area contributed by atoms with Gasteiger partial charge < -0.3 is 18.9 Å². The molecule has 3 rings (SSSR count). The fourth-order valence-electron chi connectivity index (χ4n) is 2.88. The third-order valence-corrected chi connectivity index (χ3v) is 4.01. The van der Waals surface area contributed by atoms with Crippen LogP contribution >= 0.6 is 0 Å². The van der Waals surface area contributed by atoms with Gasteiger partial charge in [0.05, 0.1) is 27.2 Å². The standard InChI is InChI=1S/C19H20O5/c1-4-23-14-7-5-12(6-8-14)19-15-11-17(22-3)16(21-2)9-13(15)10-18(20)24-19/h5-9,11,19H,4,10H2,1-3H3/t19-/m0/s1. The molecule has 0 radical (unpaired) electrons. The van der Waals surface area contributed by atoms with E-state index in [9.17, 15) is 4.79 Å². The molecule has 0 bridgehead atoms. The molecule has 1 atom stereocenters. The van der Waals surface area contributed by atoms with Crippen molar-refractivity contribution < 1.29 is 23.7 Å². The van der Waals surface area contributed by atoms with Gasteiger partial charge in [0.2, 0.25) is 0 Å². The highest BCUT2D eigenvalue weighted by molar-refractivity contribution is 5.77. The summed E-state index contributed by atoms with van der Waals surface area (Å²) in [7, 11) is 3.17. The Morgan fingerprint density at radius 1 is 1.08 bits per heavy atom. The first kappa shape index (κ1) is 16.2. The molecule has 2 aromatic rings. The summed E-state index contributed by atoms with van der Waals surface area (Å²) in [5.74, 6) is 1.76. The average molecular weight is 328 g/mol. The first-order valence-electron chi connectivity index (χ1n) is 7.83. The Hall–Kier alpha value is -2.69. The fourth-order valence-corrected chi connectivity index (χ4v) is 2.88. The van der Waals surface area contributed by atoms with E-state index in [0.29, 0.717) is 18.1 Å². The molecule has 0 amide bonds. The Morgan fingerprint density at radius 2 is 1.75 bits per heavy atom. The van der Waals surface area contributed by atoms with Gasteiger partial charge in [0.15, 0.2) is 17.6 Å². The maximum atomic E-state index is 12.0. The van der Waals surface area contributed by atoms with E-state index in [-0.39, 0.29) is 12.4 Å². The molecule has 1 aliphatic heterocycles. The number of fused-ring (bicyclic) bond motifs is 1. The highest BCUT2D eigenvalue weighted by Crippen LogP contribution is 2.40. The summed E-state index contributed by atoms with van der Waals surface area (Å²) < 4.78 is 21.8. The van der Waals surface area contributed by atoms with Crippen molar-refractivity contribution in [2.75, 3.05) is 20.8 Å². The van der Waals surface area contributed by atoms with E-state index >= 15 is 0 Å². The van der Waals surface area contributed by atoms with Crippen molar-refractivity contribution >= 4 is 5.97 Å². The van der Waals surface area contributed by atoms with E-state index < -0.39 is 6.10 Å². The molecule has 1 aliphatic rings. The third-order valence-electron chi connectivity index (χ3n) is 4.01. The van der Waals surface area contributed by atoms with E-state index in [2.05, 4.69) is 0 Å². The number of esters is 1. The van der Waals surface area contributed by atoms with Crippen LogP contribution in [0.2, 0.25) is 0 Å². The predicted molar refractivity (Wildman–Crippen MR) is 88.8 cm³/mol. The normalized spacial score (nSPS) is 16.1. The van der Waals surface area contributed by atoms with Crippen LogP contribution in [0.3, 0.4) is 0 Å². The van der Waals surface area contributed by atoms with Crippen LogP contribution in [0, 0.1) is 0 Å². The summed E-state index contributed by atoms with van der Waals surface area (Å²) in [6.45, 7) is 2.55. The number of carbonyl (C=O) groups excluding carboxylic acids is 1. The molecule has 0 fully saturated rings. The quantitative estimate of drug-likeness (QED) is 0.788. The van der Waals surface area contributed by atoms with E-state index in [4.69, 9.17) is 18.9 Å². The molecule has 0 spiro atoms. The molecule has 2 aromatic carbocycles. The topological polar surface area (TPSA) is 54.0 Å². The van der Waals surface area contributed by atoms with Crippen LogP contribution in [0.4, 0.5) is 0 Å². The SMILES string of the molecule is CCOc1ccc([C@@H]2OC(=O)Cc3cc(OC)c(OC)cc32)cc1. The first-order valence-corrected chi connectivity index (χ1v) is 7.83. The van der Waals surface area contributed by atoms with Crippen LogP contribution in [0.1, 0.15) is 29.7 Å². The van der Waals surface area contributed by atoms with Crippen LogP contribution in [0.15, 0.2) is 36.4 Å². The zero-order valence-electron chi connectivity index (χ0n) is 14.0. The molecule has 0 N–H and O–H groups in total. The van der Waals surface area contributed by atoms with Gasteiger partial charge >= 0.3 is 5.97 Å². The molecule has 0 saturated heterocycles. The summed E-state index contributed by atoms with van der Waals surface area (Å²) in [4.78, 5) is 12.0. The van der Waals surface area contributed by atoms with Crippen LogP contribution < -0.4 is 14.2 Å². The second kappa shape index (κ2) is 6.83. The zero-order valence-corrected chi connectivity index (χ0v) is 14.0. The highest BCUT2D eigenvalue weighted by Gasteiger charge is 2.29. The van der Waals surface area contributed by atoms with Crippen molar-refractivity contribution in [2.45, 2.75) is 19.4 Å². The smallest absolute Gasteiger partial charge is 0.311 e. The second-order valence-corrected chi connectivity index (χ2v) is 5.45. The summed E-state index contributed by atoms with van der Waals surface area (Å²) >= 11 is 0. The summed E-state index contributed by atoms with van der Waals surface area (Å²) in [5.41, 5.74) is 2.69. The van der Waals surface area contributed by atoms with Crippen LogP contribution in [-0.2, 0) is 16.0 Å². The Bertz CT molecular complexity index is 736. The Kier molecular flexibility index (Phi) is 4.60. The lowest BCUT2D eigenvalue weighted by molar-refractivity contribution is -0.148. The lowest BCUT2D eigenvalue weighted by Crippen LogP contribution is -2.22. The van der Waals surface area contributed by atoms with Crippen molar-refractivity contribution in [1.29, 1.82) is 0 Å². The number of methoxy groups -OCH3 is 2. The maximum Gasteiger partial charge on any atom is 0.311 e. The van der Waals surface area contributed by atoms with Crippen molar-refractivity contribution in [3.05, 3.63) is 53.1 Å². The maximum absolute atomic E-state index is 12.0. The fraction of sp³-hybridized carbons (Fsp3) is 0.316.